The van der Waals surface area contributed by atoms with Gasteiger partial charge in [0.05, 0.1) is 25.9 Å². The van der Waals surface area contributed by atoms with E-state index < -0.39 is 24.0 Å². The molecule has 2 atom stereocenters. The Kier molecular flexibility index (Phi) is 8.92. The average Bonchev–Trinajstić information content (AvgIpc) is 2.70. The van der Waals surface area contributed by atoms with Crippen LogP contribution in [0.5, 0.6) is 11.5 Å². The Morgan fingerprint density at radius 1 is 1.13 bits per heavy atom. The number of nitrogens with one attached hydrogen (secondary N) is 2. The first-order valence-electron chi connectivity index (χ1n) is 10.1. The predicted octanol–water partition coefficient (Wildman–Crippen LogP) is 4.89. The molecule has 2 aromatic rings. The van der Waals surface area contributed by atoms with Crippen LogP contribution in [-0.2, 0) is 0 Å². The monoisotopic (exact) mass is 418 g/mol. The van der Waals surface area contributed by atoms with E-state index in [0.29, 0.717) is 29.7 Å². The lowest BCUT2D eigenvalue weighted by atomic mass is 10.0. The zero-order chi connectivity index (χ0) is 22.1. The molecule has 0 aliphatic carbocycles. The Morgan fingerprint density at radius 2 is 1.87 bits per heavy atom. The second-order valence-corrected chi connectivity index (χ2v) is 7.59. The second kappa shape index (κ2) is 11.4. The number of amides is 2. The van der Waals surface area contributed by atoms with E-state index in [1.54, 1.807) is 37.4 Å². The van der Waals surface area contributed by atoms with Gasteiger partial charge in [0.25, 0.3) is 0 Å². The van der Waals surface area contributed by atoms with Crippen molar-refractivity contribution in [3.63, 3.8) is 0 Å². The number of aliphatic hydroxyl groups is 1. The number of urea groups is 1. The minimum atomic E-state index is -0.983. The van der Waals surface area contributed by atoms with Crippen LogP contribution in [0.3, 0.4) is 0 Å². The van der Waals surface area contributed by atoms with E-state index in [4.69, 9.17) is 9.47 Å². The van der Waals surface area contributed by atoms with E-state index in [1.165, 1.54) is 19.1 Å². The maximum absolute atomic E-state index is 14.1. The van der Waals surface area contributed by atoms with Crippen molar-refractivity contribution in [2.75, 3.05) is 19.0 Å². The Balaban J connectivity index is 2.06. The summed E-state index contributed by atoms with van der Waals surface area (Å²) in [6.45, 7) is 6.35. The van der Waals surface area contributed by atoms with E-state index in [2.05, 4.69) is 24.5 Å². The van der Waals surface area contributed by atoms with Crippen molar-refractivity contribution in [1.82, 2.24) is 5.32 Å². The highest BCUT2D eigenvalue weighted by atomic mass is 19.1. The minimum absolute atomic E-state index is 0.214. The van der Waals surface area contributed by atoms with Gasteiger partial charge in [-0.1, -0.05) is 32.0 Å². The number of hydrogen-bond acceptors (Lipinski definition) is 4. The summed E-state index contributed by atoms with van der Waals surface area (Å²) in [7, 11) is 1.55. The van der Waals surface area contributed by atoms with E-state index in [-0.39, 0.29) is 5.56 Å². The SMILES string of the molecule is COc1ccc(NC(=O)NC(c2ccccc2F)C(C)O)cc1OCCCC(C)C. The van der Waals surface area contributed by atoms with Gasteiger partial charge in [0.15, 0.2) is 11.5 Å². The lowest BCUT2D eigenvalue weighted by Crippen LogP contribution is -2.38. The summed E-state index contributed by atoms with van der Waals surface area (Å²) < 4.78 is 25.2. The van der Waals surface area contributed by atoms with Crippen LogP contribution in [0, 0.1) is 11.7 Å². The molecule has 3 N–H and O–H groups in total. The Bertz CT molecular complexity index is 827. The third-order valence-corrected chi connectivity index (χ3v) is 4.61. The third kappa shape index (κ3) is 6.91. The molecule has 0 heterocycles. The van der Waals surface area contributed by atoms with Crippen LogP contribution < -0.4 is 20.1 Å². The molecular formula is C23H31FN2O4. The molecule has 0 radical (unpaired) electrons. The van der Waals surface area contributed by atoms with Crippen molar-refractivity contribution in [1.29, 1.82) is 0 Å². The van der Waals surface area contributed by atoms with Gasteiger partial charge in [0.2, 0.25) is 0 Å². The van der Waals surface area contributed by atoms with Crippen molar-refractivity contribution in [3.05, 3.63) is 53.8 Å². The minimum Gasteiger partial charge on any atom is -0.493 e. The predicted molar refractivity (Wildman–Crippen MR) is 116 cm³/mol. The van der Waals surface area contributed by atoms with Crippen LogP contribution in [0.25, 0.3) is 0 Å². The number of carbonyl (C=O) groups excluding carboxylic acids is 1. The van der Waals surface area contributed by atoms with Gasteiger partial charge in [-0.25, -0.2) is 9.18 Å². The maximum Gasteiger partial charge on any atom is 0.319 e. The Morgan fingerprint density at radius 3 is 2.50 bits per heavy atom. The van der Waals surface area contributed by atoms with Crippen molar-refractivity contribution in [2.24, 2.45) is 5.92 Å². The highest BCUT2D eigenvalue weighted by molar-refractivity contribution is 5.90. The first-order chi connectivity index (χ1) is 14.3. The number of ether oxygens (including phenoxy) is 2. The molecule has 0 bridgehead atoms. The van der Waals surface area contributed by atoms with Crippen molar-refractivity contribution in [2.45, 2.75) is 45.8 Å². The molecule has 164 valence electrons. The fourth-order valence-electron chi connectivity index (χ4n) is 3.03. The van der Waals surface area contributed by atoms with Crippen LogP contribution in [0.15, 0.2) is 42.5 Å². The summed E-state index contributed by atoms with van der Waals surface area (Å²) in [5.41, 5.74) is 0.705. The summed E-state index contributed by atoms with van der Waals surface area (Å²) in [6.07, 6.45) is 0.986. The van der Waals surface area contributed by atoms with Gasteiger partial charge in [-0.15, -0.1) is 0 Å². The lowest BCUT2D eigenvalue weighted by Gasteiger charge is -2.23. The number of halogens is 1. The molecule has 2 aromatic carbocycles. The molecule has 2 rings (SSSR count). The number of anilines is 1. The van der Waals surface area contributed by atoms with E-state index in [9.17, 15) is 14.3 Å². The number of hydrogen-bond donors (Lipinski definition) is 3. The first-order valence-corrected chi connectivity index (χ1v) is 10.1. The molecule has 30 heavy (non-hydrogen) atoms. The zero-order valence-corrected chi connectivity index (χ0v) is 17.9. The summed E-state index contributed by atoms with van der Waals surface area (Å²) in [4.78, 5) is 12.5. The lowest BCUT2D eigenvalue weighted by molar-refractivity contribution is 0.146. The van der Waals surface area contributed by atoms with Crippen LogP contribution in [0.4, 0.5) is 14.9 Å². The summed E-state index contributed by atoms with van der Waals surface area (Å²) in [5.74, 6) is 1.20. The van der Waals surface area contributed by atoms with Crippen molar-refractivity contribution >= 4 is 11.7 Å². The molecule has 0 fully saturated rings. The van der Waals surface area contributed by atoms with Gasteiger partial charge in [0, 0.05) is 17.3 Å². The van der Waals surface area contributed by atoms with Crippen LogP contribution >= 0.6 is 0 Å². The normalized spacial score (nSPS) is 12.9. The van der Waals surface area contributed by atoms with E-state index in [0.717, 1.165) is 12.8 Å². The van der Waals surface area contributed by atoms with Gasteiger partial charge in [-0.05, 0) is 43.9 Å². The van der Waals surface area contributed by atoms with Crippen molar-refractivity contribution in [3.8, 4) is 11.5 Å². The standard InChI is InChI=1S/C23H31FN2O4/c1-15(2)8-7-13-30-21-14-17(11-12-20(21)29-4)25-23(28)26-22(16(3)27)18-9-5-6-10-19(18)24/h5-6,9-12,14-16,22,27H,7-8,13H2,1-4H3,(H2,25,26,28). The smallest absolute Gasteiger partial charge is 0.319 e. The molecule has 0 aliphatic rings. The molecular weight excluding hydrogens is 387 g/mol. The fourth-order valence-corrected chi connectivity index (χ4v) is 3.03. The highest BCUT2D eigenvalue weighted by Gasteiger charge is 2.22. The van der Waals surface area contributed by atoms with Gasteiger partial charge in [-0.2, -0.15) is 0 Å². The fraction of sp³-hybridized carbons (Fsp3) is 0.435. The third-order valence-electron chi connectivity index (χ3n) is 4.61. The molecule has 0 aromatic heterocycles. The molecule has 0 aliphatic heterocycles. The Labute approximate surface area is 177 Å². The van der Waals surface area contributed by atoms with E-state index in [1.807, 2.05) is 0 Å². The largest absolute Gasteiger partial charge is 0.493 e. The van der Waals surface area contributed by atoms with Gasteiger partial charge >= 0.3 is 6.03 Å². The summed E-state index contributed by atoms with van der Waals surface area (Å²) in [6, 6.07) is 9.62. The number of aliphatic hydroxyl groups excluding tert-OH is 1. The second-order valence-electron chi connectivity index (χ2n) is 7.59. The van der Waals surface area contributed by atoms with Gasteiger partial charge in [0.1, 0.15) is 5.82 Å². The van der Waals surface area contributed by atoms with Crippen molar-refractivity contribution < 1.29 is 23.8 Å². The first kappa shape index (κ1) is 23.5. The van der Waals surface area contributed by atoms with E-state index >= 15 is 0 Å². The molecule has 0 spiro atoms. The number of methoxy groups -OCH3 is 1. The van der Waals surface area contributed by atoms with Gasteiger partial charge < -0.3 is 25.2 Å². The molecule has 0 saturated carbocycles. The number of benzene rings is 2. The summed E-state index contributed by atoms with van der Waals surface area (Å²) >= 11 is 0. The average molecular weight is 419 g/mol. The molecule has 2 amide bonds. The zero-order valence-electron chi connectivity index (χ0n) is 17.9. The molecule has 7 heteroatoms. The molecule has 2 unspecified atom stereocenters. The quantitative estimate of drug-likeness (QED) is 0.480. The summed E-state index contributed by atoms with van der Waals surface area (Å²) in [5, 5.41) is 15.4. The van der Waals surface area contributed by atoms with Crippen LogP contribution in [-0.4, -0.2) is 31.0 Å². The topological polar surface area (TPSA) is 79.8 Å². The number of carbonyl (C=O) groups is 1. The highest BCUT2D eigenvalue weighted by Crippen LogP contribution is 2.30. The molecule has 6 nitrogen and oxygen atoms in total. The number of rotatable bonds is 10. The maximum atomic E-state index is 14.1. The molecule has 0 saturated heterocycles. The van der Waals surface area contributed by atoms with Crippen LogP contribution in [0.1, 0.15) is 45.2 Å². The van der Waals surface area contributed by atoms with Gasteiger partial charge in [-0.3, -0.25) is 0 Å². The Hall–Kier alpha value is -2.80. The van der Waals surface area contributed by atoms with Crippen LogP contribution in [0.2, 0.25) is 0 Å².